The Kier molecular flexibility index (Phi) is 8.42. The molecule has 0 fully saturated rings. The molecule has 1 aromatic carbocycles. The summed E-state index contributed by atoms with van der Waals surface area (Å²) in [4.78, 5) is 29.2. The van der Waals surface area contributed by atoms with E-state index in [4.69, 9.17) is 4.98 Å². The second kappa shape index (κ2) is 11.1. The van der Waals surface area contributed by atoms with Gasteiger partial charge >= 0.3 is 0 Å². The van der Waals surface area contributed by atoms with E-state index in [1.807, 2.05) is 41.4 Å². The number of aliphatic imine (C=N–C) groups is 1. The average Bonchev–Trinajstić information content (AvgIpc) is 2.70. The van der Waals surface area contributed by atoms with E-state index >= 15 is 0 Å². The highest BCUT2D eigenvalue weighted by atomic mass is 16.1. The van der Waals surface area contributed by atoms with Crippen LogP contribution >= 0.6 is 0 Å². The van der Waals surface area contributed by atoms with Crippen molar-refractivity contribution in [1.82, 2.24) is 9.97 Å². The molecule has 27 heavy (non-hydrogen) atoms. The summed E-state index contributed by atoms with van der Waals surface area (Å²) < 4.78 is 0. The van der Waals surface area contributed by atoms with E-state index in [1.165, 1.54) is 0 Å². The molecule has 0 atom stereocenters. The number of benzene rings is 1. The van der Waals surface area contributed by atoms with Gasteiger partial charge in [-0.2, -0.15) is 4.98 Å². The lowest BCUT2D eigenvalue weighted by Gasteiger charge is -2.25. The quantitative estimate of drug-likeness (QED) is 0.443. The van der Waals surface area contributed by atoms with E-state index in [2.05, 4.69) is 35.6 Å². The minimum Gasteiger partial charge on any atom is -0.356 e. The zero-order valence-corrected chi connectivity index (χ0v) is 16.5. The summed E-state index contributed by atoms with van der Waals surface area (Å²) in [7, 11) is 0. The summed E-state index contributed by atoms with van der Waals surface area (Å²) in [6.45, 7) is 8.79. The molecule has 6 heteroatoms. The molecule has 1 aromatic heterocycles. The average molecular weight is 367 g/mol. The number of hydrogen-bond donors (Lipinski definition) is 0. The molecule has 144 valence electrons. The van der Waals surface area contributed by atoms with Crippen LogP contribution in [0.25, 0.3) is 0 Å². The predicted molar refractivity (Wildman–Crippen MR) is 112 cm³/mol. The van der Waals surface area contributed by atoms with Crippen molar-refractivity contribution in [1.29, 1.82) is 0 Å². The molecule has 0 radical (unpaired) electrons. The van der Waals surface area contributed by atoms with Gasteiger partial charge in [-0.3, -0.25) is 0 Å². The largest absolute Gasteiger partial charge is 0.356 e. The van der Waals surface area contributed by atoms with Crippen molar-refractivity contribution in [3.05, 3.63) is 42.1 Å². The molecule has 0 aliphatic carbocycles. The first kappa shape index (κ1) is 20.6. The van der Waals surface area contributed by atoms with E-state index in [0.717, 1.165) is 43.5 Å². The van der Waals surface area contributed by atoms with Crippen LogP contribution in [0.1, 0.15) is 39.2 Å². The number of unbranched alkanes of at least 4 members (excludes halogenated alkanes) is 1. The molecule has 0 bridgehead atoms. The first-order chi connectivity index (χ1) is 13.2. The summed E-state index contributed by atoms with van der Waals surface area (Å²) in [6.07, 6.45) is 6.48. The second-order valence-electron chi connectivity index (χ2n) is 6.18. The van der Waals surface area contributed by atoms with Crippen molar-refractivity contribution in [2.24, 2.45) is 4.99 Å². The molecule has 0 N–H and O–H groups in total. The fraction of sp³-hybridized carbons (Fsp3) is 0.429. The van der Waals surface area contributed by atoms with Gasteiger partial charge in [0, 0.05) is 25.8 Å². The smallest absolute Gasteiger partial charge is 0.227 e. The lowest BCUT2D eigenvalue weighted by molar-refractivity contribution is -0.106. The van der Waals surface area contributed by atoms with Crippen LogP contribution in [0.5, 0.6) is 0 Å². The van der Waals surface area contributed by atoms with E-state index in [1.54, 1.807) is 6.20 Å². The SMILES string of the molecule is CCCC=Nc1nc(N(CC)CC)ncc1N(CC=O)Cc1ccccc1. The van der Waals surface area contributed by atoms with Gasteiger partial charge in [-0.05, 0) is 25.8 Å². The van der Waals surface area contributed by atoms with Crippen LogP contribution < -0.4 is 9.80 Å². The van der Waals surface area contributed by atoms with Crippen LogP contribution in [-0.4, -0.2) is 42.1 Å². The summed E-state index contributed by atoms with van der Waals surface area (Å²) in [6, 6.07) is 10.1. The van der Waals surface area contributed by atoms with Gasteiger partial charge in [0.25, 0.3) is 0 Å². The summed E-state index contributed by atoms with van der Waals surface area (Å²) in [5, 5.41) is 0. The minimum absolute atomic E-state index is 0.263. The number of carbonyl (C=O) groups excluding carboxylic acids is 1. The van der Waals surface area contributed by atoms with E-state index in [9.17, 15) is 4.79 Å². The summed E-state index contributed by atoms with van der Waals surface area (Å²) in [5.41, 5.74) is 1.89. The van der Waals surface area contributed by atoms with Crippen LogP contribution in [0.3, 0.4) is 0 Å². The maximum absolute atomic E-state index is 11.3. The van der Waals surface area contributed by atoms with Crippen LogP contribution in [0.2, 0.25) is 0 Å². The highest BCUT2D eigenvalue weighted by Gasteiger charge is 2.16. The fourth-order valence-electron chi connectivity index (χ4n) is 2.76. The van der Waals surface area contributed by atoms with Crippen molar-refractivity contribution in [2.45, 2.75) is 40.2 Å². The summed E-state index contributed by atoms with van der Waals surface area (Å²) in [5.74, 6) is 1.27. The van der Waals surface area contributed by atoms with Gasteiger partial charge in [-0.1, -0.05) is 43.7 Å². The van der Waals surface area contributed by atoms with E-state index < -0.39 is 0 Å². The number of aromatic nitrogens is 2. The topological polar surface area (TPSA) is 61.7 Å². The molecule has 0 saturated carbocycles. The normalized spacial score (nSPS) is 10.9. The lowest BCUT2D eigenvalue weighted by Crippen LogP contribution is -2.27. The zero-order valence-electron chi connectivity index (χ0n) is 16.5. The second-order valence-corrected chi connectivity index (χ2v) is 6.18. The Bertz CT molecular complexity index is 729. The van der Waals surface area contributed by atoms with Crippen LogP contribution in [0.4, 0.5) is 17.5 Å². The Labute approximate surface area is 162 Å². The number of hydrogen-bond acceptors (Lipinski definition) is 6. The Morgan fingerprint density at radius 3 is 2.44 bits per heavy atom. The van der Waals surface area contributed by atoms with Gasteiger partial charge < -0.3 is 14.6 Å². The third kappa shape index (κ3) is 5.88. The van der Waals surface area contributed by atoms with Gasteiger partial charge in [0.05, 0.1) is 12.7 Å². The third-order valence-electron chi connectivity index (χ3n) is 4.27. The Morgan fingerprint density at radius 1 is 1.07 bits per heavy atom. The molecule has 2 rings (SSSR count). The monoisotopic (exact) mass is 367 g/mol. The van der Waals surface area contributed by atoms with Crippen molar-refractivity contribution in [3.63, 3.8) is 0 Å². The van der Waals surface area contributed by atoms with Gasteiger partial charge in [0.2, 0.25) is 5.95 Å². The number of aldehydes is 1. The first-order valence-electron chi connectivity index (χ1n) is 9.60. The van der Waals surface area contributed by atoms with Crippen molar-refractivity contribution in [3.8, 4) is 0 Å². The molecular weight excluding hydrogens is 338 g/mol. The van der Waals surface area contributed by atoms with Gasteiger partial charge in [-0.15, -0.1) is 0 Å². The first-order valence-corrected chi connectivity index (χ1v) is 9.60. The number of nitrogens with zero attached hydrogens (tertiary/aromatic N) is 5. The van der Waals surface area contributed by atoms with Crippen molar-refractivity contribution >= 4 is 30.0 Å². The molecule has 0 aliphatic rings. The standard InChI is InChI=1S/C21H29N5O/c1-4-7-13-22-20-19(16-23-21(24-20)25(5-2)6-3)26(14-15-27)17-18-11-9-8-10-12-18/h8-13,15-16H,4-7,14,17H2,1-3H3. The molecule has 0 unspecified atom stereocenters. The Balaban J connectivity index is 2.41. The Morgan fingerprint density at radius 2 is 1.81 bits per heavy atom. The molecule has 0 aliphatic heterocycles. The number of anilines is 2. The molecule has 1 heterocycles. The fourth-order valence-corrected chi connectivity index (χ4v) is 2.76. The van der Waals surface area contributed by atoms with Crippen LogP contribution in [-0.2, 0) is 11.3 Å². The van der Waals surface area contributed by atoms with Crippen LogP contribution in [0, 0.1) is 0 Å². The van der Waals surface area contributed by atoms with Crippen molar-refractivity contribution in [2.75, 3.05) is 29.4 Å². The lowest BCUT2D eigenvalue weighted by atomic mass is 10.2. The molecule has 0 amide bonds. The maximum atomic E-state index is 11.3. The maximum Gasteiger partial charge on any atom is 0.227 e. The van der Waals surface area contributed by atoms with Gasteiger partial charge in [0.15, 0.2) is 5.82 Å². The highest BCUT2D eigenvalue weighted by Crippen LogP contribution is 2.29. The molecule has 0 spiro atoms. The predicted octanol–water partition coefficient (Wildman–Crippen LogP) is 4.03. The molecule has 2 aromatic rings. The van der Waals surface area contributed by atoms with Crippen molar-refractivity contribution < 1.29 is 4.79 Å². The van der Waals surface area contributed by atoms with Gasteiger partial charge in [-0.25, -0.2) is 9.98 Å². The van der Waals surface area contributed by atoms with E-state index in [-0.39, 0.29) is 6.54 Å². The zero-order chi connectivity index (χ0) is 19.5. The Hall–Kier alpha value is -2.76. The molecule has 0 saturated heterocycles. The minimum atomic E-state index is 0.263. The van der Waals surface area contributed by atoms with Crippen LogP contribution in [0.15, 0.2) is 41.5 Å². The van der Waals surface area contributed by atoms with E-state index in [0.29, 0.717) is 18.3 Å². The third-order valence-corrected chi connectivity index (χ3v) is 4.27. The number of carbonyl (C=O) groups is 1. The van der Waals surface area contributed by atoms with Gasteiger partial charge in [0.1, 0.15) is 12.0 Å². The summed E-state index contributed by atoms with van der Waals surface area (Å²) >= 11 is 0. The molecular formula is C21H29N5O. The number of rotatable bonds is 11. The highest BCUT2D eigenvalue weighted by molar-refractivity contribution is 5.73. The molecule has 6 nitrogen and oxygen atoms in total.